The Hall–Kier alpha value is -5.51. The monoisotopic (exact) mass is 680 g/mol. The Morgan fingerprint density at radius 3 is 1.71 bits per heavy atom. The molecule has 1 fully saturated rings. The summed E-state index contributed by atoms with van der Waals surface area (Å²) in [5, 5.41) is 4.61. The summed E-state index contributed by atoms with van der Waals surface area (Å²) >= 11 is 0. The van der Waals surface area contributed by atoms with Crippen LogP contribution >= 0.6 is 0 Å². The van der Waals surface area contributed by atoms with Crippen molar-refractivity contribution < 1.29 is 54.2 Å². The van der Waals surface area contributed by atoms with E-state index in [9.17, 15) is 49.5 Å². The minimum absolute atomic E-state index is 0.143. The largest absolute Gasteiger partial charge is 0.417 e. The highest BCUT2D eigenvalue weighted by atomic mass is 19.4. The number of pyridine rings is 2. The zero-order valence-corrected chi connectivity index (χ0v) is 24.4. The van der Waals surface area contributed by atoms with Gasteiger partial charge in [-0.05, 0) is 54.7 Å². The van der Waals surface area contributed by atoms with Crippen LogP contribution in [0.2, 0.25) is 0 Å². The van der Waals surface area contributed by atoms with E-state index in [1.165, 1.54) is 48.5 Å². The number of benzene rings is 2. The molecule has 0 bridgehead atoms. The summed E-state index contributed by atoms with van der Waals surface area (Å²) in [6.07, 6.45) is -6.16. The molecule has 48 heavy (non-hydrogen) atoms. The lowest BCUT2D eigenvalue weighted by Gasteiger charge is -2.36. The first-order chi connectivity index (χ1) is 22.6. The Kier molecular flexibility index (Phi) is 12.6. The standard InChI is InChI=1S/C16H12F4N2O2.C10H8F3NO.C6H4FNO/c17-9-5-6-12(21-7-9)14-13(8-24-14)22-15(23)10-3-1-2-4-11(10)16(18,19)20;1-2-14-9(15)7-5-3-4-6-8(7)10(11,12)13;7-5-1-2-6(4-9)8-3-5/h1-7,13-14H,8H2,(H,22,23);2-6H,1H2,(H,14,15);1-4H/t13-,14-;;/m0../s1. The van der Waals surface area contributed by atoms with E-state index in [0.29, 0.717) is 12.0 Å². The van der Waals surface area contributed by atoms with Crippen molar-refractivity contribution >= 4 is 18.1 Å². The summed E-state index contributed by atoms with van der Waals surface area (Å²) in [7, 11) is 0. The van der Waals surface area contributed by atoms with Crippen LogP contribution in [0.1, 0.15) is 54.1 Å². The molecule has 5 rings (SSSR count). The quantitative estimate of drug-likeness (QED) is 0.173. The van der Waals surface area contributed by atoms with E-state index < -0.39 is 70.2 Å². The summed E-state index contributed by atoms with van der Waals surface area (Å²) in [4.78, 5) is 40.7. The summed E-state index contributed by atoms with van der Waals surface area (Å²) in [6, 6.07) is 13.7. The molecule has 4 aromatic rings. The lowest BCUT2D eigenvalue weighted by molar-refractivity contribution is -0.138. The molecule has 0 unspecified atom stereocenters. The summed E-state index contributed by atoms with van der Waals surface area (Å²) < 4.78 is 106. The van der Waals surface area contributed by atoms with Crippen molar-refractivity contribution in [3.8, 4) is 0 Å². The van der Waals surface area contributed by atoms with E-state index in [2.05, 4.69) is 27.2 Å². The third-order valence-corrected chi connectivity index (χ3v) is 6.24. The SMILES string of the molecule is C=CNC(=O)c1ccccc1C(F)(F)F.O=C(N[C@H]1CO[C@H]1c1ccc(F)cn1)c1ccccc1C(F)(F)F.O=Cc1ccc(F)cn1. The average Bonchev–Trinajstić information content (AvgIpc) is 3.04. The van der Waals surface area contributed by atoms with Gasteiger partial charge in [-0.2, -0.15) is 26.3 Å². The van der Waals surface area contributed by atoms with E-state index >= 15 is 0 Å². The van der Waals surface area contributed by atoms with Crippen molar-refractivity contribution in [3.63, 3.8) is 0 Å². The van der Waals surface area contributed by atoms with Gasteiger partial charge in [0.2, 0.25) is 0 Å². The third-order valence-electron chi connectivity index (χ3n) is 6.24. The zero-order valence-electron chi connectivity index (χ0n) is 24.4. The number of carbonyl (C=O) groups excluding carboxylic acids is 3. The van der Waals surface area contributed by atoms with Gasteiger partial charge in [0.15, 0.2) is 6.29 Å². The van der Waals surface area contributed by atoms with Gasteiger partial charge in [0.25, 0.3) is 11.8 Å². The van der Waals surface area contributed by atoms with Gasteiger partial charge in [0.05, 0.1) is 53.0 Å². The van der Waals surface area contributed by atoms with Gasteiger partial charge in [-0.15, -0.1) is 0 Å². The van der Waals surface area contributed by atoms with Gasteiger partial charge in [0, 0.05) is 0 Å². The predicted octanol–water partition coefficient (Wildman–Crippen LogP) is 6.72. The van der Waals surface area contributed by atoms with Gasteiger partial charge in [-0.1, -0.05) is 30.8 Å². The van der Waals surface area contributed by atoms with Crippen LogP contribution in [0.15, 0.2) is 98.0 Å². The lowest BCUT2D eigenvalue weighted by Crippen LogP contribution is -2.51. The van der Waals surface area contributed by atoms with Crippen LogP contribution in [0.5, 0.6) is 0 Å². The maximum absolute atomic E-state index is 13.0. The van der Waals surface area contributed by atoms with Crippen LogP contribution in [-0.4, -0.2) is 40.7 Å². The molecule has 2 amide bonds. The highest BCUT2D eigenvalue weighted by Gasteiger charge is 2.39. The van der Waals surface area contributed by atoms with Crippen LogP contribution in [0.25, 0.3) is 0 Å². The minimum Gasteiger partial charge on any atom is -0.367 e. The second-order valence-electron chi connectivity index (χ2n) is 9.52. The third kappa shape index (κ3) is 10.2. The van der Waals surface area contributed by atoms with Crippen LogP contribution in [0.4, 0.5) is 35.1 Å². The summed E-state index contributed by atoms with van der Waals surface area (Å²) in [6.45, 7) is 3.35. The van der Waals surface area contributed by atoms with Gasteiger partial charge in [-0.3, -0.25) is 24.4 Å². The first-order valence-electron chi connectivity index (χ1n) is 13.5. The number of hydrogen-bond donors (Lipinski definition) is 2. The van der Waals surface area contributed by atoms with Crippen molar-refractivity contribution in [2.45, 2.75) is 24.5 Å². The number of carbonyl (C=O) groups is 3. The van der Waals surface area contributed by atoms with E-state index in [-0.39, 0.29) is 12.3 Å². The molecule has 2 atom stereocenters. The average molecular weight is 681 g/mol. The maximum Gasteiger partial charge on any atom is 0.417 e. The molecule has 2 aromatic carbocycles. The molecule has 1 aliphatic rings. The van der Waals surface area contributed by atoms with Crippen LogP contribution in [-0.2, 0) is 17.1 Å². The Labute approximate surface area is 267 Å². The Morgan fingerprint density at radius 2 is 1.29 bits per heavy atom. The Balaban J connectivity index is 0.000000221. The number of aromatic nitrogens is 2. The molecule has 0 radical (unpaired) electrons. The van der Waals surface area contributed by atoms with Crippen LogP contribution < -0.4 is 10.6 Å². The number of ether oxygens (including phenoxy) is 1. The molecule has 1 saturated heterocycles. The lowest BCUT2D eigenvalue weighted by atomic mass is 10.0. The molecule has 0 aliphatic carbocycles. The number of nitrogens with one attached hydrogen (secondary N) is 2. The maximum atomic E-state index is 13.0. The van der Waals surface area contributed by atoms with Crippen LogP contribution in [0.3, 0.4) is 0 Å². The number of halogens is 8. The normalized spacial score (nSPS) is 15.2. The summed E-state index contributed by atoms with van der Waals surface area (Å²) in [5.74, 6) is -2.61. The van der Waals surface area contributed by atoms with Crippen molar-refractivity contribution in [1.82, 2.24) is 20.6 Å². The molecule has 252 valence electrons. The molecule has 2 aromatic heterocycles. The minimum atomic E-state index is -4.62. The topological polar surface area (TPSA) is 110 Å². The summed E-state index contributed by atoms with van der Waals surface area (Å²) in [5.41, 5.74) is -2.18. The number of hydrogen-bond acceptors (Lipinski definition) is 6. The van der Waals surface area contributed by atoms with Crippen LogP contribution in [0, 0.1) is 11.6 Å². The first-order valence-corrected chi connectivity index (χ1v) is 13.5. The van der Waals surface area contributed by atoms with E-state index in [4.69, 9.17) is 4.74 Å². The molecular formula is C32H24F8N4O4. The fraction of sp³-hybridized carbons (Fsp3) is 0.156. The second kappa shape index (κ2) is 16.4. The fourth-order valence-electron chi connectivity index (χ4n) is 3.98. The Bertz CT molecular complexity index is 1710. The van der Waals surface area contributed by atoms with Gasteiger partial charge < -0.3 is 15.4 Å². The first kappa shape index (κ1) is 37.0. The molecule has 1 aliphatic heterocycles. The van der Waals surface area contributed by atoms with Gasteiger partial charge in [0.1, 0.15) is 23.4 Å². The molecule has 8 nitrogen and oxygen atoms in total. The van der Waals surface area contributed by atoms with Crippen molar-refractivity contribution in [3.05, 3.63) is 143 Å². The second-order valence-corrected chi connectivity index (χ2v) is 9.52. The molecule has 16 heteroatoms. The van der Waals surface area contributed by atoms with Crippen molar-refractivity contribution in [2.24, 2.45) is 0 Å². The fourth-order valence-corrected chi connectivity index (χ4v) is 3.98. The highest BCUT2D eigenvalue weighted by Crippen LogP contribution is 2.34. The number of aldehydes is 1. The molecular weight excluding hydrogens is 656 g/mol. The van der Waals surface area contributed by atoms with Crippen molar-refractivity contribution in [1.29, 1.82) is 0 Å². The Morgan fingerprint density at radius 1 is 0.771 bits per heavy atom. The number of rotatable bonds is 6. The van der Waals surface area contributed by atoms with E-state index in [1.54, 1.807) is 0 Å². The van der Waals surface area contributed by atoms with Crippen molar-refractivity contribution in [2.75, 3.05) is 6.61 Å². The molecule has 3 heterocycles. The van der Waals surface area contributed by atoms with E-state index in [1.807, 2.05) is 0 Å². The number of amides is 2. The van der Waals surface area contributed by atoms with Gasteiger partial charge in [-0.25, -0.2) is 8.78 Å². The number of nitrogens with zero attached hydrogens (tertiary/aromatic N) is 2. The molecule has 0 spiro atoms. The highest BCUT2D eigenvalue weighted by molar-refractivity contribution is 5.96. The smallest absolute Gasteiger partial charge is 0.367 e. The zero-order chi connectivity index (χ0) is 35.5. The predicted molar refractivity (Wildman–Crippen MR) is 154 cm³/mol. The number of alkyl halides is 6. The van der Waals surface area contributed by atoms with E-state index in [0.717, 1.165) is 42.9 Å². The molecule has 0 saturated carbocycles. The molecule has 2 N–H and O–H groups in total. The van der Waals surface area contributed by atoms with Gasteiger partial charge >= 0.3 is 12.4 Å².